The van der Waals surface area contributed by atoms with Crippen molar-refractivity contribution in [3.8, 4) is 5.75 Å². The Morgan fingerprint density at radius 3 is 2.54 bits per heavy atom. The molecule has 8 heteroatoms. The van der Waals surface area contributed by atoms with E-state index in [-0.39, 0.29) is 4.90 Å². The number of sulfonamides is 1. The summed E-state index contributed by atoms with van der Waals surface area (Å²) in [6, 6.07) is 15.9. The second-order valence-electron chi connectivity index (χ2n) is 6.36. The van der Waals surface area contributed by atoms with Crippen molar-refractivity contribution in [3.63, 3.8) is 0 Å². The lowest BCUT2D eigenvalue weighted by Gasteiger charge is -2.25. The fourth-order valence-electron chi connectivity index (χ4n) is 3.23. The van der Waals surface area contributed by atoms with Crippen LogP contribution in [-0.4, -0.2) is 27.6 Å². The molecule has 0 saturated heterocycles. The fourth-order valence-corrected chi connectivity index (χ4v) is 4.76. The number of methoxy groups -OCH3 is 1. The fraction of sp³-hybridized carbons (Fsp3) is 0.150. The Kier molecular flexibility index (Phi) is 4.64. The predicted molar refractivity (Wildman–Crippen MR) is 110 cm³/mol. The Balaban J connectivity index is 1.93. The van der Waals surface area contributed by atoms with Gasteiger partial charge in [0.25, 0.3) is 10.0 Å². The van der Waals surface area contributed by atoms with Gasteiger partial charge in [-0.1, -0.05) is 23.7 Å². The third-order valence-electron chi connectivity index (χ3n) is 4.71. The van der Waals surface area contributed by atoms with E-state index in [0.717, 1.165) is 11.3 Å². The van der Waals surface area contributed by atoms with E-state index in [1.54, 1.807) is 37.6 Å². The van der Waals surface area contributed by atoms with Gasteiger partial charge in [-0.3, -0.25) is 4.31 Å². The maximum absolute atomic E-state index is 13.2. The summed E-state index contributed by atoms with van der Waals surface area (Å²) in [5.74, 6) is 1.30. The second-order valence-corrected chi connectivity index (χ2v) is 8.74. The second kappa shape index (κ2) is 7.00. The first kappa shape index (κ1) is 18.6. The summed E-state index contributed by atoms with van der Waals surface area (Å²) in [5.41, 5.74) is 1.97. The van der Waals surface area contributed by atoms with Crippen LogP contribution in [0.5, 0.6) is 5.75 Å². The molecule has 1 aromatic heterocycles. The molecule has 0 aliphatic carbocycles. The molecule has 0 fully saturated rings. The number of aromatic nitrogens is 1. The minimum atomic E-state index is -3.75. The number of hydrogen-bond acceptors (Lipinski definition) is 5. The van der Waals surface area contributed by atoms with E-state index in [1.807, 2.05) is 29.2 Å². The van der Waals surface area contributed by atoms with Crippen LogP contribution in [0.3, 0.4) is 0 Å². The molecule has 1 aliphatic rings. The standard InChI is InChI=1S/C20H18ClN3O3S/c1-23-17-4-3-11-22-20(17)24(13-14-5-8-16(27-2)9-6-14)18-12-15(21)7-10-19(18)28(23,25)26/h3-12H,13H2,1-2H3. The summed E-state index contributed by atoms with van der Waals surface area (Å²) in [6.45, 7) is 0.421. The number of pyridine rings is 1. The molecule has 0 atom stereocenters. The number of anilines is 3. The molecule has 0 amide bonds. The van der Waals surface area contributed by atoms with E-state index in [9.17, 15) is 8.42 Å². The summed E-state index contributed by atoms with van der Waals surface area (Å²) in [6.07, 6.45) is 1.65. The molecule has 3 aromatic rings. The van der Waals surface area contributed by atoms with Gasteiger partial charge in [0, 0.05) is 24.8 Å². The maximum Gasteiger partial charge on any atom is 0.266 e. The van der Waals surface area contributed by atoms with E-state index < -0.39 is 10.0 Å². The highest BCUT2D eigenvalue weighted by molar-refractivity contribution is 7.93. The Bertz CT molecular complexity index is 1130. The molecule has 2 aromatic carbocycles. The first-order valence-electron chi connectivity index (χ1n) is 8.56. The minimum absolute atomic E-state index is 0.186. The van der Waals surface area contributed by atoms with Crippen molar-refractivity contribution >= 4 is 38.8 Å². The van der Waals surface area contributed by atoms with Gasteiger partial charge < -0.3 is 9.64 Å². The third-order valence-corrected chi connectivity index (χ3v) is 6.76. The Morgan fingerprint density at radius 1 is 1.07 bits per heavy atom. The van der Waals surface area contributed by atoms with Gasteiger partial charge in [-0.15, -0.1) is 0 Å². The molecular weight excluding hydrogens is 398 g/mol. The van der Waals surface area contributed by atoms with Crippen molar-refractivity contribution in [1.82, 2.24) is 4.98 Å². The van der Waals surface area contributed by atoms with Crippen molar-refractivity contribution < 1.29 is 13.2 Å². The summed E-state index contributed by atoms with van der Waals surface area (Å²) >= 11 is 6.22. The number of fused-ring (bicyclic) bond motifs is 2. The van der Waals surface area contributed by atoms with Gasteiger partial charge in [0.2, 0.25) is 0 Å². The van der Waals surface area contributed by atoms with Gasteiger partial charge >= 0.3 is 0 Å². The normalized spacial score (nSPS) is 14.8. The molecule has 0 bridgehead atoms. The monoisotopic (exact) mass is 415 g/mol. The topological polar surface area (TPSA) is 62.7 Å². The summed E-state index contributed by atoms with van der Waals surface area (Å²) in [7, 11) is -0.603. The van der Waals surface area contributed by atoms with Crippen LogP contribution in [0.1, 0.15) is 5.56 Å². The largest absolute Gasteiger partial charge is 0.497 e. The van der Waals surface area contributed by atoms with Crippen LogP contribution in [0.25, 0.3) is 0 Å². The quantitative estimate of drug-likeness (QED) is 0.640. The Morgan fingerprint density at radius 2 is 1.82 bits per heavy atom. The lowest BCUT2D eigenvalue weighted by atomic mass is 10.1. The van der Waals surface area contributed by atoms with Gasteiger partial charge in [0.1, 0.15) is 10.6 Å². The van der Waals surface area contributed by atoms with Crippen LogP contribution in [0.15, 0.2) is 65.7 Å². The van der Waals surface area contributed by atoms with E-state index in [4.69, 9.17) is 16.3 Å². The van der Waals surface area contributed by atoms with E-state index in [1.165, 1.54) is 17.4 Å². The van der Waals surface area contributed by atoms with Gasteiger partial charge in [-0.2, -0.15) is 0 Å². The number of nitrogens with zero attached hydrogens (tertiary/aromatic N) is 3. The molecule has 6 nitrogen and oxygen atoms in total. The molecule has 2 heterocycles. The highest BCUT2D eigenvalue weighted by Crippen LogP contribution is 2.43. The van der Waals surface area contributed by atoms with E-state index >= 15 is 0 Å². The maximum atomic E-state index is 13.2. The van der Waals surface area contributed by atoms with Crippen LogP contribution in [0.2, 0.25) is 5.02 Å². The molecule has 0 saturated carbocycles. The highest BCUT2D eigenvalue weighted by Gasteiger charge is 2.34. The molecule has 0 spiro atoms. The van der Waals surface area contributed by atoms with Crippen LogP contribution in [-0.2, 0) is 16.6 Å². The zero-order valence-electron chi connectivity index (χ0n) is 15.3. The third kappa shape index (κ3) is 3.06. The zero-order valence-corrected chi connectivity index (χ0v) is 16.9. The van der Waals surface area contributed by atoms with Crippen LogP contribution in [0, 0.1) is 0 Å². The van der Waals surface area contributed by atoms with Crippen molar-refractivity contribution in [3.05, 3.63) is 71.4 Å². The lowest BCUT2D eigenvalue weighted by Crippen LogP contribution is -2.25. The smallest absolute Gasteiger partial charge is 0.266 e. The first-order valence-corrected chi connectivity index (χ1v) is 10.4. The van der Waals surface area contributed by atoms with Gasteiger partial charge in [-0.05, 0) is 48.0 Å². The van der Waals surface area contributed by atoms with Crippen molar-refractivity contribution in [2.24, 2.45) is 0 Å². The number of halogens is 1. The molecule has 28 heavy (non-hydrogen) atoms. The summed E-state index contributed by atoms with van der Waals surface area (Å²) in [5, 5.41) is 0.454. The minimum Gasteiger partial charge on any atom is -0.497 e. The van der Waals surface area contributed by atoms with Crippen molar-refractivity contribution in [1.29, 1.82) is 0 Å². The Hall–Kier alpha value is -2.77. The summed E-state index contributed by atoms with van der Waals surface area (Å²) < 4.78 is 32.9. The molecule has 1 aliphatic heterocycles. The summed E-state index contributed by atoms with van der Waals surface area (Å²) in [4.78, 5) is 6.55. The Labute approximate surface area is 169 Å². The van der Waals surface area contributed by atoms with Crippen LogP contribution < -0.4 is 13.9 Å². The molecule has 0 N–H and O–H groups in total. The van der Waals surface area contributed by atoms with Gasteiger partial charge in [0.15, 0.2) is 5.82 Å². The zero-order chi connectivity index (χ0) is 19.9. The average molecular weight is 416 g/mol. The highest BCUT2D eigenvalue weighted by atomic mass is 35.5. The number of ether oxygens (including phenoxy) is 1. The van der Waals surface area contributed by atoms with E-state index in [2.05, 4.69) is 4.98 Å². The molecule has 144 valence electrons. The van der Waals surface area contributed by atoms with Crippen LogP contribution in [0.4, 0.5) is 17.2 Å². The number of rotatable bonds is 3. The molecular formula is C20H18ClN3O3S. The predicted octanol–water partition coefficient (Wildman–Crippen LogP) is 4.22. The van der Waals surface area contributed by atoms with Crippen molar-refractivity contribution in [2.75, 3.05) is 23.4 Å². The molecule has 0 unspecified atom stereocenters. The van der Waals surface area contributed by atoms with Crippen molar-refractivity contribution in [2.45, 2.75) is 11.4 Å². The van der Waals surface area contributed by atoms with Gasteiger partial charge in [0.05, 0.1) is 18.5 Å². The number of benzene rings is 2. The molecule has 0 radical (unpaired) electrons. The SMILES string of the molecule is COc1ccc(CN2c3cc(Cl)ccc3S(=O)(=O)N(C)c3cccnc32)cc1. The van der Waals surface area contributed by atoms with Crippen LogP contribution >= 0.6 is 11.6 Å². The number of hydrogen-bond donors (Lipinski definition) is 0. The first-order chi connectivity index (χ1) is 13.4. The lowest BCUT2D eigenvalue weighted by molar-refractivity contribution is 0.414. The van der Waals surface area contributed by atoms with Gasteiger partial charge in [-0.25, -0.2) is 13.4 Å². The molecule has 4 rings (SSSR count). The average Bonchev–Trinajstić information content (AvgIpc) is 2.77. The van der Waals surface area contributed by atoms with E-state index in [0.29, 0.717) is 28.8 Å².